The van der Waals surface area contributed by atoms with Gasteiger partial charge in [0.05, 0.1) is 5.75 Å². The van der Waals surface area contributed by atoms with Crippen molar-refractivity contribution in [2.75, 3.05) is 6.54 Å². The molecule has 0 amide bonds. The predicted octanol–water partition coefficient (Wildman–Crippen LogP) is 2.29. The smallest absolute Gasteiger partial charge is 0.216 e. The molecule has 24 heavy (non-hydrogen) atoms. The van der Waals surface area contributed by atoms with Gasteiger partial charge in [-0.1, -0.05) is 36.4 Å². The Kier molecular flexibility index (Phi) is 4.99. The summed E-state index contributed by atoms with van der Waals surface area (Å²) < 4.78 is 27.3. The lowest BCUT2D eigenvalue weighted by molar-refractivity contribution is 0.580. The molecule has 0 saturated heterocycles. The SMILES string of the molecule is NCCc1c[nH]c2ccc(CS(=O)(=O)NCc3ccccc3)cc12. The van der Waals surface area contributed by atoms with Gasteiger partial charge in [-0.05, 0) is 41.8 Å². The van der Waals surface area contributed by atoms with Crippen LogP contribution in [-0.2, 0) is 28.7 Å². The number of rotatable bonds is 7. The molecule has 5 nitrogen and oxygen atoms in total. The van der Waals surface area contributed by atoms with Gasteiger partial charge in [0, 0.05) is 23.6 Å². The number of sulfonamides is 1. The number of nitrogens with one attached hydrogen (secondary N) is 2. The van der Waals surface area contributed by atoms with Gasteiger partial charge in [-0.3, -0.25) is 0 Å². The van der Waals surface area contributed by atoms with Crippen LogP contribution in [0.2, 0.25) is 0 Å². The van der Waals surface area contributed by atoms with Gasteiger partial charge in [0.2, 0.25) is 10.0 Å². The molecule has 0 aliphatic carbocycles. The molecule has 0 aliphatic rings. The van der Waals surface area contributed by atoms with Crippen LogP contribution >= 0.6 is 0 Å². The molecule has 126 valence electrons. The number of aromatic amines is 1. The van der Waals surface area contributed by atoms with Crippen molar-refractivity contribution in [2.24, 2.45) is 5.73 Å². The molecule has 0 fully saturated rings. The molecular weight excluding hydrogens is 322 g/mol. The Hall–Kier alpha value is -2.15. The Morgan fingerprint density at radius 3 is 2.58 bits per heavy atom. The van der Waals surface area contributed by atoms with Gasteiger partial charge >= 0.3 is 0 Å². The minimum atomic E-state index is -3.39. The molecule has 0 saturated carbocycles. The summed E-state index contributed by atoms with van der Waals surface area (Å²) in [5.41, 5.74) is 9.44. The zero-order valence-corrected chi connectivity index (χ0v) is 14.1. The maximum absolute atomic E-state index is 12.3. The van der Waals surface area contributed by atoms with E-state index in [1.807, 2.05) is 54.7 Å². The lowest BCUT2D eigenvalue weighted by Gasteiger charge is -2.07. The van der Waals surface area contributed by atoms with Crippen molar-refractivity contribution in [3.05, 3.63) is 71.4 Å². The molecule has 1 aromatic heterocycles. The summed E-state index contributed by atoms with van der Waals surface area (Å²) in [5, 5.41) is 1.04. The van der Waals surface area contributed by atoms with E-state index in [4.69, 9.17) is 5.73 Å². The standard InChI is InChI=1S/C18H21N3O2S/c19-9-8-16-12-20-18-7-6-15(10-17(16)18)13-24(22,23)21-11-14-4-2-1-3-5-14/h1-7,10,12,20-21H,8-9,11,13,19H2. The van der Waals surface area contributed by atoms with Crippen LogP contribution in [0.25, 0.3) is 10.9 Å². The molecule has 6 heteroatoms. The van der Waals surface area contributed by atoms with Crippen molar-refractivity contribution in [3.63, 3.8) is 0 Å². The van der Waals surface area contributed by atoms with Gasteiger partial charge in [-0.15, -0.1) is 0 Å². The predicted molar refractivity (Wildman–Crippen MR) is 97.0 cm³/mol. The molecular formula is C18H21N3O2S. The summed E-state index contributed by atoms with van der Waals surface area (Å²) in [4.78, 5) is 3.19. The molecule has 0 radical (unpaired) electrons. The zero-order chi connectivity index (χ0) is 17.0. The summed E-state index contributed by atoms with van der Waals surface area (Å²) in [6, 6.07) is 15.2. The van der Waals surface area contributed by atoms with E-state index in [9.17, 15) is 8.42 Å². The number of nitrogens with two attached hydrogens (primary N) is 1. The first-order valence-corrected chi connectivity index (χ1v) is 9.53. The average molecular weight is 343 g/mol. The van der Waals surface area contributed by atoms with E-state index in [0.717, 1.165) is 34.0 Å². The number of fused-ring (bicyclic) bond motifs is 1. The third-order valence-electron chi connectivity index (χ3n) is 3.94. The van der Waals surface area contributed by atoms with Crippen LogP contribution in [0.3, 0.4) is 0 Å². The van der Waals surface area contributed by atoms with E-state index in [1.165, 1.54) is 0 Å². The molecule has 0 bridgehead atoms. The van der Waals surface area contributed by atoms with Crippen LogP contribution in [0.1, 0.15) is 16.7 Å². The zero-order valence-electron chi connectivity index (χ0n) is 13.3. The largest absolute Gasteiger partial charge is 0.361 e. The van der Waals surface area contributed by atoms with E-state index in [0.29, 0.717) is 13.1 Å². The summed E-state index contributed by atoms with van der Waals surface area (Å²) in [6.07, 6.45) is 2.70. The van der Waals surface area contributed by atoms with E-state index in [-0.39, 0.29) is 5.75 Å². The van der Waals surface area contributed by atoms with Crippen molar-refractivity contribution < 1.29 is 8.42 Å². The molecule has 0 spiro atoms. The third kappa shape index (κ3) is 4.03. The Morgan fingerprint density at radius 1 is 1.04 bits per heavy atom. The molecule has 0 aliphatic heterocycles. The number of H-pyrrole nitrogens is 1. The monoisotopic (exact) mass is 343 g/mol. The maximum Gasteiger partial charge on any atom is 0.216 e. The number of benzene rings is 2. The highest BCUT2D eigenvalue weighted by atomic mass is 32.2. The highest BCUT2D eigenvalue weighted by molar-refractivity contribution is 7.88. The lowest BCUT2D eigenvalue weighted by Crippen LogP contribution is -2.24. The van der Waals surface area contributed by atoms with Gasteiger partial charge in [-0.25, -0.2) is 13.1 Å². The average Bonchev–Trinajstić information content (AvgIpc) is 2.97. The number of hydrogen-bond donors (Lipinski definition) is 3. The van der Waals surface area contributed by atoms with Crippen LogP contribution in [0.5, 0.6) is 0 Å². The van der Waals surface area contributed by atoms with E-state index in [2.05, 4.69) is 9.71 Å². The molecule has 3 rings (SSSR count). The highest BCUT2D eigenvalue weighted by Gasteiger charge is 2.13. The fraction of sp³-hybridized carbons (Fsp3) is 0.222. The van der Waals surface area contributed by atoms with E-state index < -0.39 is 10.0 Å². The molecule has 2 aromatic carbocycles. The van der Waals surface area contributed by atoms with Crippen LogP contribution in [-0.4, -0.2) is 19.9 Å². The van der Waals surface area contributed by atoms with E-state index in [1.54, 1.807) is 0 Å². The van der Waals surface area contributed by atoms with Crippen molar-refractivity contribution in [2.45, 2.75) is 18.7 Å². The summed E-state index contributed by atoms with van der Waals surface area (Å²) in [7, 11) is -3.39. The topological polar surface area (TPSA) is 88.0 Å². The Labute approximate surface area is 141 Å². The molecule has 0 unspecified atom stereocenters. The van der Waals surface area contributed by atoms with Gasteiger partial charge < -0.3 is 10.7 Å². The minimum Gasteiger partial charge on any atom is -0.361 e. The Morgan fingerprint density at radius 2 is 1.83 bits per heavy atom. The second kappa shape index (κ2) is 7.17. The fourth-order valence-electron chi connectivity index (χ4n) is 2.74. The summed E-state index contributed by atoms with van der Waals surface area (Å²) >= 11 is 0. The lowest BCUT2D eigenvalue weighted by atomic mass is 10.1. The first kappa shape index (κ1) is 16.7. The highest BCUT2D eigenvalue weighted by Crippen LogP contribution is 2.21. The van der Waals surface area contributed by atoms with Crippen molar-refractivity contribution in [1.29, 1.82) is 0 Å². The second-order valence-corrected chi connectivity index (χ2v) is 7.61. The molecule has 4 N–H and O–H groups in total. The maximum atomic E-state index is 12.3. The van der Waals surface area contributed by atoms with Gasteiger partial charge in [0.25, 0.3) is 0 Å². The van der Waals surface area contributed by atoms with Crippen molar-refractivity contribution in [3.8, 4) is 0 Å². The molecule has 1 heterocycles. The summed E-state index contributed by atoms with van der Waals surface area (Å²) in [5.74, 6) is -0.0387. The van der Waals surface area contributed by atoms with Crippen LogP contribution in [0, 0.1) is 0 Å². The second-order valence-electron chi connectivity index (χ2n) is 5.80. The van der Waals surface area contributed by atoms with Crippen molar-refractivity contribution in [1.82, 2.24) is 9.71 Å². The van der Waals surface area contributed by atoms with Crippen LogP contribution in [0.4, 0.5) is 0 Å². The first-order chi connectivity index (χ1) is 11.6. The number of aromatic nitrogens is 1. The normalized spacial score (nSPS) is 11.9. The molecule has 3 aromatic rings. The third-order valence-corrected chi connectivity index (χ3v) is 5.24. The van der Waals surface area contributed by atoms with Gasteiger partial charge in [0.1, 0.15) is 0 Å². The Bertz CT molecular complexity index is 918. The number of hydrogen-bond acceptors (Lipinski definition) is 3. The van der Waals surface area contributed by atoms with Crippen LogP contribution < -0.4 is 10.5 Å². The van der Waals surface area contributed by atoms with E-state index >= 15 is 0 Å². The van der Waals surface area contributed by atoms with Gasteiger partial charge in [0.15, 0.2) is 0 Å². The fourth-order valence-corrected chi connectivity index (χ4v) is 3.84. The van der Waals surface area contributed by atoms with Gasteiger partial charge in [-0.2, -0.15) is 0 Å². The minimum absolute atomic E-state index is 0.0387. The summed E-state index contributed by atoms with van der Waals surface area (Å²) in [6.45, 7) is 0.863. The quantitative estimate of drug-likeness (QED) is 0.615. The van der Waals surface area contributed by atoms with Crippen molar-refractivity contribution >= 4 is 20.9 Å². The molecule has 0 atom stereocenters. The first-order valence-electron chi connectivity index (χ1n) is 7.87. The Balaban J connectivity index is 1.74. The van der Waals surface area contributed by atoms with Crippen LogP contribution in [0.15, 0.2) is 54.7 Å².